The van der Waals surface area contributed by atoms with Crippen LogP contribution in [-0.2, 0) is 0 Å². The van der Waals surface area contributed by atoms with E-state index in [2.05, 4.69) is 0 Å². The molecule has 0 aliphatic heterocycles. The lowest BCUT2D eigenvalue weighted by atomic mass is 10.3. The van der Waals surface area contributed by atoms with E-state index in [1.54, 1.807) is 0 Å². The van der Waals surface area contributed by atoms with Crippen molar-refractivity contribution in [3.05, 3.63) is 34.4 Å². The molecule has 0 unspecified atom stereocenters. The predicted molar refractivity (Wildman–Crippen MR) is 43.4 cm³/mol. The smallest absolute Gasteiger partial charge is 0.181 e. The zero-order valence-electron chi connectivity index (χ0n) is 5.85. The first-order valence-corrected chi connectivity index (χ1v) is 3.34. The topological polar surface area (TPSA) is 66.6 Å². The summed E-state index contributed by atoms with van der Waals surface area (Å²) in [6.07, 6.45) is 0. The third kappa shape index (κ3) is 1.76. The molecule has 0 aliphatic rings. The van der Waals surface area contributed by atoms with Crippen molar-refractivity contribution >= 4 is 17.5 Å². The van der Waals surface area contributed by atoms with E-state index in [0.717, 1.165) is 0 Å². The Labute approximate surface area is 73.0 Å². The zero-order valence-corrected chi connectivity index (χ0v) is 6.60. The number of phenolic OH excluding ortho intramolecular Hbond substituents is 1. The summed E-state index contributed by atoms with van der Waals surface area (Å²) in [5, 5.41) is 18.2. The number of nitrogens with zero attached hydrogens (tertiary/aromatic N) is 2. The Kier molecular flexibility index (Phi) is 2.35. The van der Waals surface area contributed by atoms with E-state index in [4.69, 9.17) is 16.9 Å². The minimum Gasteiger partial charge on any atom is -0.508 e. The van der Waals surface area contributed by atoms with Crippen LogP contribution in [0.15, 0.2) is 24.3 Å². The highest BCUT2D eigenvalue weighted by Gasteiger charge is 2.12. The summed E-state index contributed by atoms with van der Waals surface area (Å²) in [5.74, 6) is 0.0344. The molecule has 0 atom stereocenters. The van der Waals surface area contributed by atoms with E-state index in [0.29, 0.717) is 4.53 Å². The molecule has 6 heteroatoms. The van der Waals surface area contributed by atoms with Crippen molar-refractivity contribution in [1.29, 1.82) is 0 Å². The molecule has 0 fully saturated rings. The second-order valence-electron chi connectivity index (χ2n) is 2.01. The largest absolute Gasteiger partial charge is 0.508 e. The van der Waals surface area contributed by atoms with Gasteiger partial charge in [-0.3, -0.25) is 0 Å². The summed E-state index contributed by atoms with van der Waals surface area (Å²) in [6.45, 7) is 0. The molecule has 64 valence electrons. The lowest BCUT2D eigenvalue weighted by molar-refractivity contribution is -0.475. The van der Waals surface area contributed by atoms with Gasteiger partial charge in [0.2, 0.25) is 0 Å². The second-order valence-corrected chi connectivity index (χ2v) is 2.33. The molecule has 0 heterocycles. The number of hydrogen-bond acceptors (Lipinski definition) is 3. The van der Waals surface area contributed by atoms with Crippen LogP contribution in [0.4, 0.5) is 5.69 Å². The van der Waals surface area contributed by atoms with Crippen LogP contribution in [0, 0.1) is 10.1 Å². The monoisotopic (exact) mass is 188 g/mol. The van der Waals surface area contributed by atoms with Crippen molar-refractivity contribution < 1.29 is 10.1 Å². The summed E-state index contributed by atoms with van der Waals surface area (Å²) >= 11 is 5.25. The Balaban J connectivity index is 2.89. The van der Waals surface area contributed by atoms with Crippen molar-refractivity contribution in [2.45, 2.75) is 0 Å². The van der Waals surface area contributed by atoms with Crippen LogP contribution in [0.3, 0.4) is 0 Å². The van der Waals surface area contributed by atoms with Gasteiger partial charge in [-0.25, -0.2) is 10.1 Å². The van der Waals surface area contributed by atoms with E-state index in [9.17, 15) is 10.1 Å². The standard InChI is InChI=1S/C6H5ClN2O3/c7-8(9(11)12)5-1-3-6(10)4-2-5/h1-4,10H. The number of anilines is 1. The molecular weight excluding hydrogens is 184 g/mol. The highest BCUT2D eigenvalue weighted by atomic mass is 35.5. The third-order valence-electron chi connectivity index (χ3n) is 1.21. The molecule has 0 radical (unpaired) electrons. The molecule has 1 rings (SSSR count). The van der Waals surface area contributed by atoms with E-state index >= 15 is 0 Å². The molecule has 1 aromatic carbocycles. The van der Waals surface area contributed by atoms with Gasteiger partial charge in [0.25, 0.3) is 0 Å². The van der Waals surface area contributed by atoms with Gasteiger partial charge in [-0.1, -0.05) is 0 Å². The molecule has 1 N–H and O–H groups in total. The third-order valence-corrected chi connectivity index (χ3v) is 1.52. The average Bonchev–Trinajstić information content (AvgIpc) is 2.04. The molecular formula is C6H5ClN2O3. The van der Waals surface area contributed by atoms with E-state index in [-0.39, 0.29) is 11.4 Å². The number of hydrogen-bond donors (Lipinski definition) is 1. The molecule has 5 nitrogen and oxygen atoms in total. The van der Waals surface area contributed by atoms with Crippen LogP contribution in [-0.4, -0.2) is 10.1 Å². The number of rotatable bonds is 2. The summed E-state index contributed by atoms with van der Waals surface area (Å²) in [6, 6.07) is 5.30. The molecule has 0 bridgehead atoms. The quantitative estimate of drug-likeness (QED) is 0.434. The minimum absolute atomic E-state index is 0.0344. The molecule has 0 amide bonds. The van der Waals surface area contributed by atoms with Gasteiger partial charge in [0.1, 0.15) is 11.4 Å². The molecule has 0 aromatic heterocycles. The Bertz CT molecular complexity index is 287. The maximum atomic E-state index is 10.1. The van der Waals surface area contributed by atoms with Crippen molar-refractivity contribution in [2.75, 3.05) is 4.53 Å². The summed E-state index contributed by atoms with van der Waals surface area (Å²) in [4.78, 5) is 10.1. The molecule has 0 aliphatic carbocycles. The predicted octanol–water partition coefficient (Wildman–Crippen LogP) is 1.54. The molecule has 0 spiro atoms. The van der Waals surface area contributed by atoms with Crippen LogP contribution < -0.4 is 4.53 Å². The van der Waals surface area contributed by atoms with Gasteiger partial charge >= 0.3 is 0 Å². The van der Waals surface area contributed by atoms with Gasteiger partial charge in [0, 0.05) is 4.53 Å². The highest BCUT2D eigenvalue weighted by Crippen LogP contribution is 2.19. The number of halogens is 1. The Morgan fingerprint density at radius 1 is 1.42 bits per heavy atom. The van der Waals surface area contributed by atoms with Gasteiger partial charge in [0.15, 0.2) is 5.03 Å². The van der Waals surface area contributed by atoms with Gasteiger partial charge in [-0.05, 0) is 24.3 Å². The number of phenols is 1. The van der Waals surface area contributed by atoms with Crippen LogP contribution in [0.1, 0.15) is 0 Å². The Morgan fingerprint density at radius 3 is 2.33 bits per heavy atom. The first kappa shape index (κ1) is 8.61. The lowest BCUT2D eigenvalue weighted by Crippen LogP contribution is -2.17. The molecule has 1 aromatic rings. The average molecular weight is 189 g/mol. The summed E-state index contributed by atoms with van der Waals surface area (Å²) in [7, 11) is 0. The SMILES string of the molecule is O=[N+]([O-])N(Cl)c1ccc(O)cc1. The minimum atomic E-state index is -0.770. The highest BCUT2D eigenvalue weighted by molar-refractivity contribution is 6.24. The molecule has 0 saturated carbocycles. The Morgan fingerprint density at radius 2 is 1.92 bits per heavy atom. The van der Waals surface area contributed by atoms with Crippen molar-refractivity contribution in [2.24, 2.45) is 0 Å². The second kappa shape index (κ2) is 3.27. The fraction of sp³-hybridized carbons (Fsp3) is 0. The van der Waals surface area contributed by atoms with Crippen LogP contribution >= 0.6 is 11.8 Å². The fourth-order valence-corrected chi connectivity index (χ4v) is 0.783. The van der Waals surface area contributed by atoms with Gasteiger partial charge in [-0.2, -0.15) is 0 Å². The van der Waals surface area contributed by atoms with E-state index in [1.165, 1.54) is 24.3 Å². The summed E-state index contributed by atoms with van der Waals surface area (Å²) in [5.41, 5.74) is 0.194. The van der Waals surface area contributed by atoms with Crippen molar-refractivity contribution in [3.8, 4) is 5.75 Å². The van der Waals surface area contributed by atoms with Gasteiger partial charge in [0.05, 0.1) is 11.8 Å². The van der Waals surface area contributed by atoms with E-state index in [1.807, 2.05) is 0 Å². The van der Waals surface area contributed by atoms with Gasteiger partial charge in [-0.15, -0.1) is 0 Å². The van der Waals surface area contributed by atoms with Crippen LogP contribution in [0.2, 0.25) is 0 Å². The number of aromatic hydroxyl groups is 1. The first-order valence-electron chi connectivity index (χ1n) is 3.00. The first-order chi connectivity index (χ1) is 5.61. The fourth-order valence-electron chi connectivity index (χ4n) is 0.670. The zero-order chi connectivity index (χ0) is 9.14. The van der Waals surface area contributed by atoms with E-state index < -0.39 is 5.03 Å². The maximum absolute atomic E-state index is 10.1. The number of benzene rings is 1. The van der Waals surface area contributed by atoms with Gasteiger partial charge < -0.3 is 5.11 Å². The number of hydrazine groups is 1. The maximum Gasteiger partial charge on any atom is 0.181 e. The van der Waals surface area contributed by atoms with Crippen molar-refractivity contribution in [3.63, 3.8) is 0 Å². The summed E-state index contributed by atoms with van der Waals surface area (Å²) < 4.78 is 0.347. The van der Waals surface area contributed by atoms with Crippen LogP contribution in [0.5, 0.6) is 5.75 Å². The number of nitro groups is 1. The van der Waals surface area contributed by atoms with Crippen LogP contribution in [0.25, 0.3) is 0 Å². The molecule has 0 saturated heterocycles. The normalized spacial score (nSPS) is 9.42. The molecule has 12 heavy (non-hydrogen) atoms. The Hall–Kier alpha value is -1.49. The lowest BCUT2D eigenvalue weighted by Gasteiger charge is -2.03. The van der Waals surface area contributed by atoms with Crippen molar-refractivity contribution in [1.82, 2.24) is 0 Å².